The number of hydrogen-bond donors (Lipinski definition) is 2. The maximum absolute atomic E-state index is 6.03. The molecule has 2 aliphatic heterocycles. The molecule has 9 heteroatoms. The van der Waals surface area contributed by atoms with Crippen LogP contribution in [0.1, 0.15) is 11.3 Å². The summed E-state index contributed by atoms with van der Waals surface area (Å²) >= 11 is 0. The van der Waals surface area contributed by atoms with Crippen molar-refractivity contribution >= 4 is 23.3 Å². The molecule has 0 amide bonds. The third kappa shape index (κ3) is 6.32. The lowest BCUT2D eigenvalue weighted by molar-refractivity contribution is 0.0320. The molecule has 3 heterocycles. The Bertz CT molecular complexity index is 911. The second kappa shape index (κ2) is 11.1. The number of nitrogens with two attached hydrogens (primary N) is 1. The highest BCUT2D eigenvalue weighted by Crippen LogP contribution is 2.23. The van der Waals surface area contributed by atoms with Crippen LogP contribution in [0.15, 0.2) is 35.4 Å². The van der Waals surface area contributed by atoms with Gasteiger partial charge in [0.2, 0.25) is 5.88 Å². The third-order valence-corrected chi connectivity index (χ3v) is 5.53. The van der Waals surface area contributed by atoms with E-state index in [0.717, 1.165) is 62.9 Å². The van der Waals surface area contributed by atoms with Gasteiger partial charge in [0, 0.05) is 44.5 Å². The van der Waals surface area contributed by atoms with Gasteiger partial charge >= 0.3 is 0 Å². The molecule has 1 aromatic carbocycles. The number of anilines is 3. The fourth-order valence-electron chi connectivity index (χ4n) is 3.69. The van der Waals surface area contributed by atoms with E-state index in [0.29, 0.717) is 37.1 Å². The van der Waals surface area contributed by atoms with Gasteiger partial charge in [-0.15, -0.1) is 0 Å². The first kappa shape index (κ1) is 22.3. The number of aryl methyl sites for hydroxylation is 1. The molecule has 2 aliphatic rings. The molecular formula is C23H32N6O3. The summed E-state index contributed by atoms with van der Waals surface area (Å²) in [4.78, 5) is 9.26. The number of rotatable bonds is 8. The predicted octanol–water partition coefficient (Wildman–Crippen LogP) is 1.97. The van der Waals surface area contributed by atoms with E-state index in [2.05, 4.69) is 25.3 Å². The summed E-state index contributed by atoms with van der Waals surface area (Å²) in [6.45, 7) is 10.00. The molecule has 0 aliphatic carbocycles. The zero-order valence-electron chi connectivity index (χ0n) is 18.6. The summed E-state index contributed by atoms with van der Waals surface area (Å²) in [5.74, 6) is 0.596. The normalized spacial score (nSPS) is 17.6. The Hall–Kier alpha value is -2.88. The zero-order chi connectivity index (χ0) is 22.2. The quantitative estimate of drug-likeness (QED) is 0.365. The number of hydrogen-bond acceptors (Lipinski definition) is 9. The van der Waals surface area contributed by atoms with Crippen LogP contribution in [0.2, 0.25) is 0 Å². The second-order valence-corrected chi connectivity index (χ2v) is 7.95. The minimum absolute atomic E-state index is 0.578. The lowest BCUT2D eigenvalue weighted by Gasteiger charge is -2.29. The second-order valence-electron chi connectivity index (χ2n) is 7.95. The van der Waals surface area contributed by atoms with Crippen molar-refractivity contribution < 1.29 is 14.2 Å². The summed E-state index contributed by atoms with van der Waals surface area (Å²) in [5, 5.41) is 4.36. The van der Waals surface area contributed by atoms with Crippen molar-refractivity contribution in [3.8, 4) is 5.88 Å². The Morgan fingerprint density at radius 1 is 1.09 bits per heavy atom. The number of aromatic nitrogens is 1. The van der Waals surface area contributed by atoms with Crippen LogP contribution in [0, 0.1) is 6.92 Å². The molecule has 0 radical (unpaired) electrons. The van der Waals surface area contributed by atoms with Crippen LogP contribution in [-0.2, 0) is 9.47 Å². The van der Waals surface area contributed by atoms with E-state index in [4.69, 9.17) is 19.9 Å². The minimum Gasteiger partial charge on any atom is -0.476 e. The van der Waals surface area contributed by atoms with Crippen LogP contribution in [0.25, 0.3) is 0 Å². The van der Waals surface area contributed by atoms with Gasteiger partial charge in [-0.3, -0.25) is 10.3 Å². The Morgan fingerprint density at radius 2 is 1.84 bits per heavy atom. The third-order valence-electron chi connectivity index (χ3n) is 5.53. The molecule has 0 spiro atoms. The molecule has 3 N–H and O–H groups in total. The van der Waals surface area contributed by atoms with Crippen molar-refractivity contribution in [1.29, 1.82) is 0 Å². The molecule has 4 rings (SSSR count). The minimum atomic E-state index is 0.578. The maximum Gasteiger partial charge on any atom is 0.215 e. The summed E-state index contributed by atoms with van der Waals surface area (Å²) < 4.78 is 16.9. The lowest BCUT2D eigenvalue weighted by Crippen LogP contribution is -2.38. The number of nitrogens with one attached hydrogen (secondary N) is 1. The number of hydrazone groups is 1. The highest BCUT2D eigenvalue weighted by molar-refractivity contribution is 5.80. The number of nitrogen functional groups attached to an aromatic ring is 1. The molecular weight excluding hydrogens is 408 g/mol. The van der Waals surface area contributed by atoms with Gasteiger partial charge in [0.05, 0.1) is 49.7 Å². The van der Waals surface area contributed by atoms with Crippen molar-refractivity contribution in [2.24, 2.45) is 5.10 Å². The van der Waals surface area contributed by atoms with E-state index in [1.54, 1.807) is 6.21 Å². The van der Waals surface area contributed by atoms with Gasteiger partial charge in [0.15, 0.2) is 0 Å². The molecule has 9 nitrogen and oxygen atoms in total. The predicted molar refractivity (Wildman–Crippen MR) is 127 cm³/mol. The number of pyridine rings is 1. The van der Waals surface area contributed by atoms with Crippen LogP contribution >= 0.6 is 0 Å². The molecule has 2 aromatic rings. The maximum atomic E-state index is 6.03. The molecule has 0 atom stereocenters. The largest absolute Gasteiger partial charge is 0.476 e. The molecule has 32 heavy (non-hydrogen) atoms. The summed E-state index contributed by atoms with van der Waals surface area (Å²) in [6, 6.07) is 9.81. The first-order chi connectivity index (χ1) is 15.7. The topological polar surface area (TPSA) is 97.5 Å². The summed E-state index contributed by atoms with van der Waals surface area (Å²) in [6.07, 6.45) is 1.69. The zero-order valence-corrected chi connectivity index (χ0v) is 18.6. The van der Waals surface area contributed by atoms with Crippen molar-refractivity contribution in [1.82, 2.24) is 9.88 Å². The fraction of sp³-hybridized carbons (Fsp3) is 0.478. The molecule has 2 fully saturated rings. The average Bonchev–Trinajstić information content (AvgIpc) is 2.82. The fourth-order valence-corrected chi connectivity index (χ4v) is 3.69. The van der Waals surface area contributed by atoms with Crippen molar-refractivity contribution in [2.45, 2.75) is 6.92 Å². The van der Waals surface area contributed by atoms with Crippen molar-refractivity contribution in [3.63, 3.8) is 0 Å². The van der Waals surface area contributed by atoms with Gasteiger partial charge in [0.1, 0.15) is 6.61 Å². The lowest BCUT2D eigenvalue weighted by atomic mass is 10.2. The van der Waals surface area contributed by atoms with Crippen molar-refractivity contribution in [2.75, 3.05) is 81.8 Å². The van der Waals surface area contributed by atoms with E-state index in [-0.39, 0.29) is 0 Å². The molecule has 0 bridgehead atoms. The number of benzene rings is 1. The SMILES string of the molecule is Cc1ccc(N)c(NN=Cc2cc(N3CCOCC3)cc(OCCN3CCOCC3)n2)c1. The first-order valence-electron chi connectivity index (χ1n) is 11.1. The Morgan fingerprint density at radius 3 is 2.62 bits per heavy atom. The van der Waals surface area contributed by atoms with Crippen LogP contribution in [-0.4, -0.2) is 81.9 Å². The van der Waals surface area contributed by atoms with E-state index in [1.807, 2.05) is 37.3 Å². The molecule has 172 valence electrons. The van der Waals surface area contributed by atoms with E-state index < -0.39 is 0 Å². The molecule has 1 aromatic heterocycles. The number of ether oxygens (including phenoxy) is 3. The van der Waals surface area contributed by atoms with Gasteiger partial charge < -0.3 is 24.8 Å². The van der Waals surface area contributed by atoms with Gasteiger partial charge in [-0.05, 0) is 30.7 Å². The monoisotopic (exact) mass is 440 g/mol. The van der Waals surface area contributed by atoms with Crippen LogP contribution in [0.4, 0.5) is 17.1 Å². The highest BCUT2D eigenvalue weighted by atomic mass is 16.5. The summed E-state index contributed by atoms with van der Waals surface area (Å²) in [5.41, 5.74) is 13.4. The molecule has 0 unspecified atom stereocenters. The van der Waals surface area contributed by atoms with Crippen LogP contribution in [0.5, 0.6) is 5.88 Å². The van der Waals surface area contributed by atoms with E-state index >= 15 is 0 Å². The standard InChI is InChI=1S/C23H32N6O3/c1-18-2-3-21(24)22(14-18)27-25-17-19-15-20(29-7-11-31-12-8-29)16-23(26-19)32-13-6-28-4-9-30-10-5-28/h2-3,14-17,27H,4-13,24H2,1H3. The van der Waals surface area contributed by atoms with Crippen molar-refractivity contribution in [3.05, 3.63) is 41.6 Å². The Kier molecular flexibility index (Phi) is 7.76. The molecule has 0 saturated carbocycles. The Labute approximate surface area is 189 Å². The van der Waals surface area contributed by atoms with E-state index in [1.165, 1.54) is 0 Å². The van der Waals surface area contributed by atoms with E-state index in [9.17, 15) is 0 Å². The first-order valence-corrected chi connectivity index (χ1v) is 11.1. The van der Waals surface area contributed by atoms with Gasteiger partial charge in [-0.25, -0.2) is 4.98 Å². The smallest absolute Gasteiger partial charge is 0.215 e. The highest BCUT2D eigenvalue weighted by Gasteiger charge is 2.15. The molecule has 2 saturated heterocycles. The van der Waals surface area contributed by atoms with Gasteiger partial charge in [0.25, 0.3) is 0 Å². The van der Waals surface area contributed by atoms with Crippen LogP contribution < -0.4 is 20.8 Å². The average molecular weight is 441 g/mol. The number of nitrogens with zero attached hydrogens (tertiary/aromatic N) is 4. The summed E-state index contributed by atoms with van der Waals surface area (Å²) in [7, 11) is 0. The van der Waals surface area contributed by atoms with Gasteiger partial charge in [-0.2, -0.15) is 5.10 Å². The van der Waals surface area contributed by atoms with Gasteiger partial charge in [-0.1, -0.05) is 6.07 Å². The van der Waals surface area contributed by atoms with Crippen LogP contribution in [0.3, 0.4) is 0 Å². The number of morpholine rings is 2. The Balaban J connectivity index is 1.45.